The van der Waals surface area contributed by atoms with Crippen LogP contribution >= 0.6 is 11.6 Å². The van der Waals surface area contributed by atoms with Gasteiger partial charge in [0.1, 0.15) is 24.3 Å². The second-order valence-corrected chi connectivity index (χ2v) is 9.03. The van der Waals surface area contributed by atoms with Gasteiger partial charge in [-0.05, 0) is 49.3 Å². The van der Waals surface area contributed by atoms with Crippen LogP contribution in [0.3, 0.4) is 0 Å². The number of hydrogen-bond donors (Lipinski definition) is 5. The predicted octanol–water partition coefficient (Wildman–Crippen LogP) is 3.00. The van der Waals surface area contributed by atoms with Gasteiger partial charge in [0.25, 0.3) is 5.91 Å². The van der Waals surface area contributed by atoms with Gasteiger partial charge in [0.05, 0.1) is 12.6 Å². The van der Waals surface area contributed by atoms with Crippen molar-refractivity contribution in [3.8, 4) is 5.75 Å². The minimum atomic E-state index is -0.886. The zero-order valence-electron chi connectivity index (χ0n) is 19.8. The molecule has 36 heavy (non-hydrogen) atoms. The van der Waals surface area contributed by atoms with E-state index in [2.05, 4.69) is 22.2 Å². The van der Waals surface area contributed by atoms with Gasteiger partial charge in [-0.2, -0.15) is 0 Å². The van der Waals surface area contributed by atoms with Crippen LogP contribution in [0.2, 0.25) is 5.15 Å². The Bertz CT molecular complexity index is 1030. The number of halogens is 1. The Balaban J connectivity index is 0.00000456. The van der Waals surface area contributed by atoms with E-state index in [0.717, 1.165) is 32.1 Å². The summed E-state index contributed by atoms with van der Waals surface area (Å²) >= 11 is 5.89. The van der Waals surface area contributed by atoms with Crippen molar-refractivity contribution in [2.75, 3.05) is 24.7 Å². The summed E-state index contributed by atoms with van der Waals surface area (Å²) in [6, 6.07) is 7.89. The monoisotopic (exact) mass is 520 g/mol. The first-order valence-electron chi connectivity index (χ1n) is 11.8. The van der Waals surface area contributed by atoms with Crippen molar-refractivity contribution in [1.29, 1.82) is 0 Å². The highest BCUT2D eigenvalue weighted by molar-refractivity contribution is 6.31. The first-order valence-corrected chi connectivity index (χ1v) is 12.2. The van der Waals surface area contributed by atoms with Crippen LogP contribution in [0.25, 0.3) is 0 Å². The van der Waals surface area contributed by atoms with Gasteiger partial charge >= 0.3 is 0 Å². The molecular weight excluding hydrogens is 484 g/mol. The third-order valence-corrected chi connectivity index (χ3v) is 6.18. The summed E-state index contributed by atoms with van der Waals surface area (Å²) in [5.41, 5.74) is 12.5. The van der Waals surface area contributed by atoms with E-state index in [9.17, 15) is 9.90 Å². The predicted molar refractivity (Wildman–Crippen MR) is 142 cm³/mol. The lowest BCUT2D eigenvalue weighted by Crippen LogP contribution is -2.31. The molecular formula is C25H37ClN6O4. The summed E-state index contributed by atoms with van der Waals surface area (Å²) in [7, 11) is 0. The van der Waals surface area contributed by atoms with E-state index in [1.54, 1.807) is 0 Å². The Labute approximate surface area is 217 Å². The number of nitrogens with zero attached hydrogens (tertiary/aromatic N) is 3. The van der Waals surface area contributed by atoms with Crippen LogP contribution in [0.15, 0.2) is 29.3 Å². The number of nitrogen functional groups attached to an aromatic ring is 2. The van der Waals surface area contributed by atoms with E-state index < -0.39 is 12.0 Å². The summed E-state index contributed by atoms with van der Waals surface area (Å²) in [5, 5.41) is 21.0. The molecule has 1 aromatic heterocycles. The lowest BCUT2D eigenvalue weighted by atomic mass is 9.90. The molecule has 1 aliphatic rings. The molecule has 0 bridgehead atoms. The van der Waals surface area contributed by atoms with Crippen molar-refractivity contribution in [3.05, 3.63) is 40.7 Å². The van der Waals surface area contributed by atoms with Crippen molar-refractivity contribution >= 4 is 35.0 Å². The van der Waals surface area contributed by atoms with E-state index in [4.69, 9.17) is 37.9 Å². The lowest BCUT2D eigenvalue weighted by Gasteiger charge is -2.17. The van der Waals surface area contributed by atoms with Gasteiger partial charge in [0, 0.05) is 6.42 Å². The molecule has 1 amide bonds. The second-order valence-electron chi connectivity index (χ2n) is 8.67. The number of carbonyl (C=O) groups excluding carboxylic acids is 1. The fourth-order valence-corrected chi connectivity index (χ4v) is 4.21. The quantitative estimate of drug-likeness (QED) is 0.301. The molecule has 0 spiro atoms. The lowest BCUT2D eigenvalue weighted by molar-refractivity contribution is 0.0536. The molecule has 1 aromatic carbocycles. The van der Waals surface area contributed by atoms with Crippen LogP contribution in [0, 0.1) is 5.92 Å². The minimum Gasteiger partial charge on any atom is -0.491 e. The van der Waals surface area contributed by atoms with Gasteiger partial charge in [0.2, 0.25) is 0 Å². The van der Waals surface area contributed by atoms with Crippen LogP contribution in [-0.4, -0.2) is 57.3 Å². The molecule has 10 nitrogen and oxygen atoms in total. The highest BCUT2D eigenvalue weighted by Crippen LogP contribution is 2.29. The smallest absolute Gasteiger partial charge is 0.279 e. The average molecular weight is 521 g/mol. The molecule has 2 unspecified atom stereocenters. The van der Waals surface area contributed by atoms with Gasteiger partial charge in [-0.25, -0.2) is 9.97 Å². The molecule has 0 fully saturated rings. The largest absolute Gasteiger partial charge is 0.491 e. The molecule has 198 valence electrons. The molecule has 1 aliphatic heterocycles. The van der Waals surface area contributed by atoms with Crippen LogP contribution in [0.1, 0.15) is 62.5 Å². The number of amides is 1. The maximum atomic E-state index is 12.7. The third-order valence-electron chi connectivity index (χ3n) is 5.90. The molecule has 0 radical (unpaired) electrons. The minimum absolute atomic E-state index is 0. The second kappa shape index (κ2) is 14.0. The average Bonchev–Trinajstić information content (AvgIpc) is 3.21. The fourth-order valence-electron chi connectivity index (χ4n) is 4.08. The van der Waals surface area contributed by atoms with E-state index in [1.165, 1.54) is 5.56 Å². The van der Waals surface area contributed by atoms with Crippen LogP contribution < -0.4 is 21.5 Å². The molecule has 7 N–H and O–H groups in total. The summed E-state index contributed by atoms with van der Waals surface area (Å²) in [5.74, 6) is 1.02. The number of ether oxygens (including phenoxy) is 1. The molecule has 11 heteroatoms. The number of anilines is 2. The number of aliphatic hydroxyl groups excluding tert-OH is 2. The van der Waals surface area contributed by atoms with Gasteiger partial charge in [0.15, 0.2) is 22.5 Å². The Morgan fingerprint density at radius 3 is 2.61 bits per heavy atom. The van der Waals surface area contributed by atoms with Crippen molar-refractivity contribution < 1.29 is 19.7 Å². The number of amidine groups is 1. The highest BCUT2D eigenvalue weighted by atomic mass is 35.5. The zero-order valence-corrected chi connectivity index (χ0v) is 20.5. The highest BCUT2D eigenvalue weighted by Gasteiger charge is 2.30. The van der Waals surface area contributed by atoms with E-state index in [1.807, 2.05) is 24.3 Å². The molecule has 3 rings (SSSR count). The maximum absolute atomic E-state index is 12.7. The number of aliphatic hydroxyl groups is 2. The van der Waals surface area contributed by atoms with Crippen molar-refractivity contribution in [2.45, 2.75) is 65.0 Å². The summed E-state index contributed by atoms with van der Waals surface area (Å²) in [6.45, 7) is 1.85. The topological polar surface area (TPSA) is 169 Å². The SMILES string of the molecule is C.CCCC1N=C(NC(=O)c2nc(Cl)c(N)nc2N)CC1CCCc1ccc(OC[C@H](O)CO)cc1. The normalized spacial score (nSPS) is 17.7. The first-order chi connectivity index (χ1) is 16.8. The number of benzene rings is 1. The standard InChI is InChI=1S/C24H33ClN6O4.CH4/c1-2-4-18-15(6-3-5-14-7-9-17(10-8-14)35-13-16(33)12-32)11-19(28-18)29-24(34)20-22(26)31-23(27)21(25)30-20;/h7-10,15-16,18,32-33H,2-6,11-13H2,1H3,(H4,26,27,31)(H,28,29,34);1H4/t15?,16-,18?;/m1./s1. The Morgan fingerprint density at radius 1 is 1.22 bits per heavy atom. The van der Waals surface area contributed by atoms with Crippen molar-refractivity contribution in [2.24, 2.45) is 10.9 Å². The number of aryl methyl sites for hydroxylation is 1. The van der Waals surface area contributed by atoms with Crippen molar-refractivity contribution in [3.63, 3.8) is 0 Å². The van der Waals surface area contributed by atoms with Gasteiger partial charge in [-0.3, -0.25) is 9.79 Å². The van der Waals surface area contributed by atoms with E-state index in [-0.39, 0.29) is 49.2 Å². The van der Waals surface area contributed by atoms with Gasteiger partial charge in [-0.15, -0.1) is 0 Å². The third kappa shape index (κ3) is 8.04. The number of carbonyl (C=O) groups is 1. The molecule has 0 saturated carbocycles. The fraction of sp³-hybridized carbons (Fsp3) is 0.520. The molecule has 0 saturated heterocycles. The van der Waals surface area contributed by atoms with Gasteiger partial charge in [-0.1, -0.05) is 44.5 Å². The van der Waals surface area contributed by atoms with Crippen LogP contribution in [-0.2, 0) is 6.42 Å². The number of nitrogens with one attached hydrogen (secondary N) is 1. The Morgan fingerprint density at radius 2 is 1.94 bits per heavy atom. The zero-order chi connectivity index (χ0) is 25.4. The Hall–Kier alpha value is -2.95. The molecule has 2 heterocycles. The van der Waals surface area contributed by atoms with Crippen LogP contribution in [0.4, 0.5) is 11.6 Å². The molecule has 2 aromatic rings. The number of aromatic nitrogens is 2. The number of nitrogens with two attached hydrogens (primary N) is 2. The summed E-state index contributed by atoms with van der Waals surface area (Å²) in [4.78, 5) is 25.2. The van der Waals surface area contributed by atoms with E-state index >= 15 is 0 Å². The molecule has 3 atom stereocenters. The number of rotatable bonds is 11. The molecule has 0 aliphatic carbocycles. The van der Waals surface area contributed by atoms with Gasteiger partial charge < -0.3 is 31.7 Å². The summed E-state index contributed by atoms with van der Waals surface area (Å²) in [6.07, 6.45) is 4.61. The maximum Gasteiger partial charge on any atom is 0.279 e. The number of aliphatic imine (C=N–C) groups is 1. The van der Waals surface area contributed by atoms with E-state index in [0.29, 0.717) is 23.9 Å². The first kappa shape index (κ1) is 29.3. The van der Waals surface area contributed by atoms with Crippen molar-refractivity contribution in [1.82, 2.24) is 15.3 Å². The summed E-state index contributed by atoms with van der Waals surface area (Å²) < 4.78 is 5.45. The van der Waals surface area contributed by atoms with Crippen LogP contribution in [0.5, 0.6) is 5.75 Å². The number of hydrogen-bond acceptors (Lipinski definition) is 9. The Kier molecular flexibility index (Phi) is 11.4.